The third kappa shape index (κ3) is 8.06. The molecule has 0 aliphatic heterocycles. The fraction of sp³-hybridized carbons (Fsp3) is 0.667. The van der Waals surface area contributed by atoms with Gasteiger partial charge in [-0.2, -0.15) is 0 Å². The van der Waals surface area contributed by atoms with Crippen molar-refractivity contribution in [1.29, 1.82) is 0 Å². The molecule has 0 bridgehead atoms. The predicted octanol–water partition coefficient (Wildman–Crippen LogP) is 5.29. The largest absolute Gasteiger partial charge is 0.316 e. The molecular weight excluding hydrogens is 310 g/mol. The summed E-state index contributed by atoms with van der Waals surface area (Å²) in [5, 5.41) is 3.63. The highest BCUT2D eigenvalue weighted by Crippen LogP contribution is 2.19. The van der Waals surface area contributed by atoms with Crippen LogP contribution in [0.5, 0.6) is 0 Å². The second-order valence-electron chi connectivity index (χ2n) is 6.72. The Bertz CT molecular complexity index is 373. The van der Waals surface area contributed by atoms with Gasteiger partial charge in [0.25, 0.3) is 0 Å². The SMILES string of the molecule is CC(C)CCC(CNCC(C)C)Cc1cccc(Br)c1. The van der Waals surface area contributed by atoms with Crippen LogP contribution in [-0.4, -0.2) is 13.1 Å². The van der Waals surface area contributed by atoms with Crippen molar-refractivity contribution in [3.05, 3.63) is 34.3 Å². The van der Waals surface area contributed by atoms with Crippen LogP contribution in [0.4, 0.5) is 0 Å². The molecule has 20 heavy (non-hydrogen) atoms. The lowest BCUT2D eigenvalue weighted by molar-refractivity contribution is 0.389. The van der Waals surface area contributed by atoms with Crippen LogP contribution in [0.3, 0.4) is 0 Å². The molecule has 0 heterocycles. The summed E-state index contributed by atoms with van der Waals surface area (Å²) in [6.07, 6.45) is 3.81. The molecule has 0 amide bonds. The molecule has 0 fully saturated rings. The van der Waals surface area contributed by atoms with Crippen molar-refractivity contribution < 1.29 is 0 Å². The summed E-state index contributed by atoms with van der Waals surface area (Å²) in [4.78, 5) is 0. The van der Waals surface area contributed by atoms with Gasteiger partial charge in [-0.25, -0.2) is 0 Å². The van der Waals surface area contributed by atoms with E-state index in [0.29, 0.717) is 0 Å². The van der Waals surface area contributed by atoms with E-state index < -0.39 is 0 Å². The van der Waals surface area contributed by atoms with E-state index in [1.165, 1.54) is 29.3 Å². The first-order chi connectivity index (χ1) is 9.47. The van der Waals surface area contributed by atoms with Crippen molar-refractivity contribution in [1.82, 2.24) is 5.32 Å². The molecule has 1 nitrogen and oxygen atoms in total. The van der Waals surface area contributed by atoms with Crippen molar-refractivity contribution in [2.75, 3.05) is 13.1 Å². The third-order valence-corrected chi connectivity index (χ3v) is 4.04. The fourth-order valence-corrected chi connectivity index (χ4v) is 2.87. The second-order valence-corrected chi connectivity index (χ2v) is 7.64. The molecule has 0 spiro atoms. The smallest absolute Gasteiger partial charge is 0.0177 e. The number of hydrogen-bond acceptors (Lipinski definition) is 1. The van der Waals surface area contributed by atoms with Crippen LogP contribution in [0.15, 0.2) is 28.7 Å². The first kappa shape index (κ1) is 17.7. The molecular formula is C18H30BrN. The molecule has 1 unspecified atom stereocenters. The molecule has 1 aromatic rings. The summed E-state index contributed by atoms with van der Waals surface area (Å²) in [5.74, 6) is 2.27. The highest BCUT2D eigenvalue weighted by molar-refractivity contribution is 9.10. The van der Waals surface area contributed by atoms with Crippen LogP contribution < -0.4 is 5.32 Å². The minimum Gasteiger partial charge on any atom is -0.316 e. The Labute approximate surface area is 133 Å². The molecule has 0 aromatic heterocycles. The zero-order chi connectivity index (χ0) is 15.0. The maximum absolute atomic E-state index is 3.63. The number of hydrogen-bond donors (Lipinski definition) is 1. The average molecular weight is 340 g/mol. The van der Waals surface area contributed by atoms with Crippen LogP contribution in [0, 0.1) is 17.8 Å². The molecule has 1 aromatic carbocycles. The summed E-state index contributed by atoms with van der Waals surface area (Å²) in [7, 11) is 0. The molecule has 0 aliphatic rings. The van der Waals surface area contributed by atoms with Crippen molar-refractivity contribution in [3.8, 4) is 0 Å². The monoisotopic (exact) mass is 339 g/mol. The van der Waals surface area contributed by atoms with E-state index >= 15 is 0 Å². The van der Waals surface area contributed by atoms with Gasteiger partial charge in [0.05, 0.1) is 0 Å². The van der Waals surface area contributed by atoms with Gasteiger partial charge in [0, 0.05) is 4.47 Å². The van der Waals surface area contributed by atoms with Gasteiger partial charge >= 0.3 is 0 Å². The number of rotatable bonds is 9. The number of benzene rings is 1. The molecule has 0 aliphatic carbocycles. The Morgan fingerprint density at radius 2 is 1.75 bits per heavy atom. The highest BCUT2D eigenvalue weighted by atomic mass is 79.9. The zero-order valence-corrected chi connectivity index (χ0v) is 15.0. The Kier molecular flexibility index (Phi) is 8.47. The minimum absolute atomic E-state index is 0.728. The fourth-order valence-electron chi connectivity index (χ4n) is 2.42. The molecule has 0 saturated heterocycles. The molecule has 0 radical (unpaired) electrons. The van der Waals surface area contributed by atoms with E-state index in [-0.39, 0.29) is 0 Å². The highest BCUT2D eigenvalue weighted by Gasteiger charge is 2.11. The van der Waals surface area contributed by atoms with E-state index in [0.717, 1.165) is 30.8 Å². The minimum atomic E-state index is 0.728. The van der Waals surface area contributed by atoms with Gasteiger partial charge in [-0.15, -0.1) is 0 Å². The van der Waals surface area contributed by atoms with E-state index in [2.05, 4.69) is 73.2 Å². The topological polar surface area (TPSA) is 12.0 Å². The van der Waals surface area contributed by atoms with Crippen LogP contribution >= 0.6 is 15.9 Å². The Morgan fingerprint density at radius 3 is 2.35 bits per heavy atom. The predicted molar refractivity (Wildman–Crippen MR) is 93.1 cm³/mol. The van der Waals surface area contributed by atoms with Crippen LogP contribution in [-0.2, 0) is 6.42 Å². The Morgan fingerprint density at radius 1 is 1.00 bits per heavy atom. The standard InChI is InChI=1S/C18H30BrN/c1-14(2)8-9-17(13-20-12-15(3)4)10-16-6-5-7-18(19)11-16/h5-7,11,14-15,17,20H,8-10,12-13H2,1-4H3. The maximum atomic E-state index is 3.63. The van der Waals surface area contributed by atoms with E-state index in [1.807, 2.05) is 0 Å². The van der Waals surface area contributed by atoms with Gasteiger partial charge in [-0.05, 0) is 61.4 Å². The van der Waals surface area contributed by atoms with Gasteiger partial charge in [-0.3, -0.25) is 0 Å². The maximum Gasteiger partial charge on any atom is 0.0177 e. The summed E-state index contributed by atoms with van der Waals surface area (Å²) in [5.41, 5.74) is 1.44. The Balaban J connectivity index is 2.52. The molecule has 114 valence electrons. The lowest BCUT2D eigenvalue weighted by Crippen LogP contribution is -2.27. The van der Waals surface area contributed by atoms with Crippen molar-refractivity contribution >= 4 is 15.9 Å². The third-order valence-electron chi connectivity index (χ3n) is 3.55. The van der Waals surface area contributed by atoms with Gasteiger partial charge in [0.1, 0.15) is 0 Å². The van der Waals surface area contributed by atoms with Crippen molar-refractivity contribution in [2.24, 2.45) is 17.8 Å². The normalized spacial score (nSPS) is 13.2. The molecule has 0 saturated carbocycles. The van der Waals surface area contributed by atoms with Crippen molar-refractivity contribution in [2.45, 2.75) is 47.0 Å². The lowest BCUT2D eigenvalue weighted by Gasteiger charge is -2.20. The average Bonchev–Trinajstić information content (AvgIpc) is 2.35. The molecule has 1 N–H and O–H groups in total. The first-order valence-corrected chi connectivity index (χ1v) is 8.71. The van der Waals surface area contributed by atoms with E-state index in [9.17, 15) is 0 Å². The van der Waals surface area contributed by atoms with Gasteiger partial charge in [0.2, 0.25) is 0 Å². The van der Waals surface area contributed by atoms with Crippen LogP contribution in [0.25, 0.3) is 0 Å². The molecule has 1 atom stereocenters. The Hall–Kier alpha value is -0.340. The number of nitrogens with one attached hydrogen (secondary N) is 1. The molecule has 1 rings (SSSR count). The summed E-state index contributed by atoms with van der Waals surface area (Å²) in [6.45, 7) is 11.4. The molecule has 2 heteroatoms. The van der Waals surface area contributed by atoms with Gasteiger partial charge in [-0.1, -0.05) is 62.2 Å². The number of halogens is 1. The summed E-state index contributed by atoms with van der Waals surface area (Å²) in [6, 6.07) is 8.74. The zero-order valence-electron chi connectivity index (χ0n) is 13.5. The quantitative estimate of drug-likeness (QED) is 0.644. The van der Waals surface area contributed by atoms with Crippen LogP contribution in [0.2, 0.25) is 0 Å². The van der Waals surface area contributed by atoms with Crippen LogP contribution in [0.1, 0.15) is 46.1 Å². The second kappa shape index (κ2) is 9.57. The van der Waals surface area contributed by atoms with Gasteiger partial charge < -0.3 is 5.32 Å². The summed E-state index contributed by atoms with van der Waals surface area (Å²) < 4.78 is 1.19. The lowest BCUT2D eigenvalue weighted by atomic mass is 9.91. The van der Waals surface area contributed by atoms with E-state index in [4.69, 9.17) is 0 Å². The van der Waals surface area contributed by atoms with E-state index in [1.54, 1.807) is 0 Å². The summed E-state index contributed by atoms with van der Waals surface area (Å²) >= 11 is 3.57. The van der Waals surface area contributed by atoms with Gasteiger partial charge in [0.15, 0.2) is 0 Å². The first-order valence-electron chi connectivity index (χ1n) is 7.92. The van der Waals surface area contributed by atoms with Crippen molar-refractivity contribution in [3.63, 3.8) is 0 Å².